The Hall–Kier alpha value is -2.18. The number of amides is 1. The van der Waals surface area contributed by atoms with Crippen molar-refractivity contribution < 1.29 is 4.79 Å². The number of carbonyl (C=O) groups excluding carboxylic acids is 1. The zero-order valence-electron chi connectivity index (χ0n) is 15.1. The molecule has 6 heteroatoms. The second-order valence-electron chi connectivity index (χ2n) is 6.74. The second kappa shape index (κ2) is 8.27. The van der Waals surface area contributed by atoms with E-state index in [0.29, 0.717) is 6.42 Å². The van der Waals surface area contributed by atoms with Gasteiger partial charge in [0.25, 0.3) is 0 Å². The predicted molar refractivity (Wildman–Crippen MR) is 98.7 cm³/mol. The standard InChI is InChI=1S/C19H27N5O/c1-16(17-14-20-24(15-17)18-6-4-3-5-7-18)21-19(25)8-9-23-12-10-22(2)11-13-23/h3-7,14-16H,8-13H2,1-2H3,(H,21,25). The van der Waals surface area contributed by atoms with E-state index in [-0.39, 0.29) is 11.9 Å². The summed E-state index contributed by atoms with van der Waals surface area (Å²) in [5.41, 5.74) is 2.03. The zero-order chi connectivity index (χ0) is 17.6. The molecule has 1 aliphatic rings. The summed E-state index contributed by atoms with van der Waals surface area (Å²) in [6.45, 7) is 7.08. The molecule has 0 saturated carbocycles. The molecule has 1 aliphatic heterocycles. The van der Waals surface area contributed by atoms with E-state index < -0.39 is 0 Å². The molecule has 25 heavy (non-hydrogen) atoms. The SMILES string of the molecule is CC(NC(=O)CCN1CCN(C)CC1)c1cnn(-c2ccccc2)c1. The van der Waals surface area contributed by atoms with Gasteiger partial charge in [0.2, 0.25) is 5.91 Å². The van der Waals surface area contributed by atoms with Gasteiger partial charge in [-0.15, -0.1) is 0 Å². The molecular weight excluding hydrogens is 314 g/mol. The number of nitrogens with zero attached hydrogens (tertiary/aromatic N) is 4. The summed E-state index contributed by atoms with van der Waals surface area (Å²) in [6.07, 6.45) is 4.33. The van der Waals surface area contributed by atoms with Crippen molar-refractivity contribution >= 4 is 5.91 Å². The van der Waals surface area contributed by atoms with Crippen molar-refractivity contribution in [1.29, 1.82) is 0 Å². The van der Waals surface area contributed by atoms with Crippen LogP contribution >= 0.6 is 0 Å². The molecule has 2 heterocycles. The molecule has 134 valence electrons. The van der Waals surface area contributed by atoms with Crippen LogP contribution in [0.4, 0.5) is 0 Å². The minimum Gasteiger partial charge on any atom is -0.349 e. The number of carbonyl (C=O) groups is 1. The van der Waals surface area contributed by atoms with Gasteiger partial charge in [0.15, 0.2) is 0 Å². The largest absolute Gasteiger partial charge is 0.349 e. The monoisotopic (exact) mass is 341 g/mol. The van der Waals surface area contributed by atoms with Crippen LogP contribution < -0.4 is 5.32 Å². The Morgan fingerprint density at radius 2 is 1.92 bits per heavy atom. The minimum absolute atomic E-state index is 0.0440. The molecule has 1 amide bonds. The molecule has 1 saturated heterocycles. The molecule has 1 aromatic carbocycles. The minimum atomic E-state index is -0.0440. The Bertz CT molecular complexity index is 676. The maximum Gasteiger partial charge on any atom is 0.221 e. The summed E-state index contributed by atoms with van der Waals surface area (Å²) in [5.74, 6) is 0.0962. The average molecular weight is 341 g/mol. The van der Waals surface area contributed by atoms with Crippen molar-refractivity contribution in [2.75, 3.05) is 39.8 Å². The van der Waals surface area contributed by atoms with Crippen molar-refractivity contribution in [2.45, 2.75) is 19.4 Å². The third kappa shape index (κ3) is 4.90. The number of aromatic nitrogens is 2. The molecule has 1 unspecified atom stereocenters. The van der Waals surface area contributed by atoms with E-state index in [1.807, 2.05) is 54.3 Å². The topological polar surface area (TPSA) is 53.4 Å². The van der Waals surface area contributed by atoms with Gasteiger partial charge in [-0.1, -0.05) is 18.2 Å². The third-order valence-corrected chi connectivity index (χ3v) is 4.75. The Kier molecular flexibility index (Phi) is 5.83. The van der Waals surface area contributed by atoms with E-state index in [9.17, 15) is 4.79 Å². The third-order valence-electron chi connectivity index (χ3n) is 4.75. The number of piperazine rings is 1. The summed E-state index contributed by atoms with van der Waals surface area (Å²) in [6, 6.07) is 9.93. The number of hydrogen-bond acceptors (Lipinski definition) is 4. The van der Waals surface area contributed by atoms with Gasteiger partial charge in [0.05, 0.1) is 17.9 Å². The fourth-order valence-electron chi connectivity index (χ4n) is 3.01. The lowest BCUT2D eigenvalue weighted by Crippen LogP contribution is -2.45. The lowest BCUT2D eigenvalue weighted by molar-refractivity contribution is -0.122. The van der Waals surface area contributed by atoms with Gasteiger partial charge in [0, 0.05) is 50.9 Å². The molecule has 3 rings (SSSR count). The second-order valence-corrected chi connectivity index (χ2v) is 6.74. The highest BCUT2D eigenvalue weighted by atomic mass is 16.1. The van der Waals surface area contributed by atoms with Crippen molar-refractivity contribution in [3.63, 3.8) is 0 Å². The van der Waals surface area contributed by atoms with Gasteiger partial charge >= 0.3 is 0 Å². The Morgan fingerprint density at radius 1 is 1.20 bits per heavy atom. The zero-order valence-corrected chi connectivity index (χ0v) is 15.1. The molecule has 6 nitrogen and oxygen atoms in total. The average Bonchev–Trinajstić information content (AvgIpc) is 3.12. The molecular formula is C19H27N5O. The van der Waals surface area contributed by atoms with E-state index >= 15 is 0 Å². The highest BCUT2D eigenvalue weighted by Crippen LogP contribution is 2.14. The maximum atomic E-state index is 12.2. The first-order valence-corrected chi connectivity index (χ1v) is 8.92. The lowest BCUT2D eigenvalue weighted by atomic mass is 10.2. The number of benzene rings is 1. The van der Waals surface area contributed by atoms with Gasteiger partial charge in [-0.2, -0.15) is 5.10 Å². The van der Waals surface area contributed by atoms with Crippen LogP contribution in [-0.4, -0.2) is 65.3 Å². The number of rotatable bonds is 6. The maximum absolute atomic E-state index is 12.2. The van der Waals surface area contributed by atoms with Crippen LogP contribution in [0.3, 0.4) is 0 Å². The Balaban J connectivity index is 1.48. The van der Waals surface area contributed by atoms with E-state index in [2.05, 4.69) is 27.3 Å². The fraction of sp³-hybridized carbons (Fsp3) is 0.474. The molecule has 1 fully saturated rings. The van der Waals surface area contributed by atoms with Crippen molar-refractivity contribution in [3.8, 4) is 5.69 Å². The van der Waals surface area contributed by atoms with Crippen LogP contribution in [0, 0.1) is 0 Å². The van der Waals surface area contributed by atoms with E-state index in [4.69, 9.17) is 0 Å². The number of hydrogen-bond donors (Lipinski definition) is 1. The molecule has 1 aromatic heterocycles. The van der Waals surface area contributed by atoms with Crippen LogP contribution in [0.1, 0.15) is 24.9 Å². The molecule has 0 bridgehead atoms. The summed E-state index contributed by atoms with van der Waals surface area (Å²) < 4.78 is 1.84. The summed E-state index contributed by atoms with van der Waals surface area (Å²) in [7, 11) is 2.14. The highest BCUT2D eigenvalue weighted by Gasteiger charge is 2.16. The number of likely N-dealkylation sites (N-methyl/N-ethyl adjacent to an activating group) is 1. The first-order valence-electron chi connectivity index (χ1n) is 8.92. The van der Waals surface area contributed by atoms with Gasteiger partial charge < -0.3 is 15.1 Å². The molecule has 1 N–H and O–H groups in total. The van der Waals surface area contributed by atoms with E-state index in [0.717, 1.165) is 44.0 Å². The van der Waals surface area contributed by atoms with Crippen LogP contribution in [0.5, 0.6) is 0 Å². The Labute approximate surface area is 149 Å². The summed E-state index contributed by atoms with van der Waals surface area (Å²) in [4.78, 5) is 16.9. The van der Waals surface area contributed by atoms with E-state index in [1.165, 1.54) is 0 Å². The highest BCUT2D eigenvalue weighted by molar-refractivity contribution is 5.76. The quantitative estimate of drug-likeness (QED) is 0.869. The Morgan fingerprint density at radius 3 is 2.64 bits per heavy atom. The van der Waals surface area contributed by atoms with Crippen LogP contribution in [0.15, 0.2) is 42.7 Å². The number of para-hydroxylation sites is 1. The molecule has 1 atom stereocenters. The first-order chi connectivity index (χ1) is 12.1. The fourth-order valence-corrected chi connectivity index (χ4v) is 3.01. The van der Waals surface area contributed by atoms with E-state index in [1.54, 1.807) is 0 Å². The van der Waals surface area contributed by atoms with Gasteiger partial charge in [-0.3, -0.25) is 4.79 Å². The van der Waals surface area contributed by atoms with Crippen molar-refractivity contribution in [1.82, 2.24) is 24.9 Å². The van der Waals surface area contributed by atoms with Crippen LogP contribution in [-0.2, 0) is 4.79 Å². The molecule has 2 aromatic rings. The van der Waals surface area contributed by atoms with Crippen LogP contribution in [0.2, 0.25) is 0 Å². The molecule has 0 aliphatic carbocycles. The summed E-state index contributed by atoms with van der Waals surface area (Å²) in [5, 5.41) is 7.47. The molecule has 0 spiro atoms. The summed E-state index contributed by atoms with van der Waals surface area (Å²) >= 11 is 0. The van der Waals surface area contributed by atoms with Gasteiger partial charge in [-0.05, 0) is 26.1 Å². The van der Waals surface area contributed by atoms with Crippen molar-refractivity contribution in [3.05, 3.63) is 48.3 Å². The van der Waals surface area contributed by atoms with Crippen LogP contribution in [0.25, 0.3) is 5.69 Å². The molecule has 0 radical (unpaired) electrons. The first kappa shape index (κ1) is 17.6. The number of nitrogens with one attached hydrogen (secondary N) is 1. The van der Waals surface area contributed by atoms with Crippen molar-refractivity contribution in [2.24, 2.45) is 0 Å². The normalized spacial score (nSPS) is 17.4. The predicted octanol–water partition coefficient (Wildman–Crippen LogP) is 1.69. The van der Waals surface area contributed by atoms with Gasteiger partial charge in [-0.25, -0.2) is 4.68 Å². The van der Waals surface area contributed by atoms with Gasteiger partial charge in [0.1, 0.15) is 0 Å². The lowest BCUT2D eigenvalue weighted by Gasteiger charge is -2.32. The smallest absolute Gasteiger partial charge is 0.221 e.